The second-order valence-corrected chi connectivity index (χ2v) is 12.9. The number of Topliss-reactive ketones (excluding diaryl/α,β-unsaturated/α-hetero) is 1. The number of rotatable bonds is 6. The molecule has 1 fully saturated rings. The molecular formula is C18H34O3Si. The van der Waals surface area contributed by atoms with Gasteiger partial charge >= 0.3 is 0 Å². The summed E-state index contributed by atoms with van der Waals surface area (Å²) in [5, 5.41) is 10.6. The molecule has 4 heteroatoms. The minimum absolute atomic E-state index is 0.0800. The van der Waals surface area contributed by atoms with Crippen molar-refractivity contribution in [3.8, 4) is 0 Å². The fraction of sp³-hybridized carbons (Fsp3) is 0.833. The fourth-order valence-corrected chi connectivity index (χ4v) is 4.29. The van der Waals surface area contributed by atoms with Gasteiger partial charge in [-0.25, -0.2) is 0 Å². The number of aliphatic hydroxyl groups is 1. The first-order valence-corrected chi connectivity index (χ1v) is 11.5. The molecule has 3 atom stereocenters. The van der Waals surface area contributed by atoms with Crippen LogP contribution in [0.4, 0.5) is 0 Å². The summed E-state index contributed by atoms with van der Waals surface area (Å²) >= 11 is 0. The number of carbonyl (C=O) groups excluding carboxylic acids is 1. The highest BCUT2D eigenvalue weighted by atomic mass is 28.4. The minimum Gasteiger partial charge on any atom is -0.407 e. The molecule has 1 aliphatic rings. The second-order valence-electron chi connectivity index (χ2n) is 8.11. The van der Waals surface area contributed by atoms with Crippen LogP contribution in [0, 0.1) is 5.41 Å². The zero-order valence-electron chi connectivity index (χ0n) is 15.4. The Balaban J connectivity index is 3.00. The van der Waals surface area contributed by atoms with E-state index in [-0.39, 0.29) is 16.9 Å². The van der Waals surface area contributed by atoms with Crippen molar-refractivity contribution in [1.29, 1.82) is 0 Å². The van der Waals surface area contributed by atoms with Crippen LogP contribution in [0.25, 0.3) is 0 Å². The largest absolute Gasteiger partial charge is 0.407 e. The van der Waals surface area contributed by atoms with Crippen LogP contribution in [0.15, 0.2) is 12.2 Å². The van der Waals surface area contributed by atoms with E-state index in [9.17, 15) is 9.90 Å². The summed E-state index contributed by atoms with van der Waals surface area (Å²) in [4.78, 5) is 13.0. The van der Waals surface area contributed by atoms with E-state index in [1.165, 1.54) is 0 Å². The van der Waals surface area contributed by atoms with Crippen molar-refractivity contribution >= 4 is 14.1 Å². The highest BCUT2D eigenvalue weighted by molar-refractivity contribution is 6.74. The van der Waals surface area contributed by atoms with Crippen molar-refractivity contribution in [1.82, 2.24) is 0 Å². The third kappa shape index (κ3) is 3.71. The Kier molecular flexibility index (Phi) is 6.21. The SMILES string of the molecule is CC=CC1(C(O)CCC)CCC(O[Si](C)(C)C(C)(C)C)C1=O. The van der Waals surface area contributed by atoms with Crippen LogP contribution >= 0.6 is 0 Å². The Hall–Kier alpha value is -0.453. The molecule has 0 saturated heterocycles. The van der Waals surface area contributed by atoms with Gasteiger partial charge in [-0.05, 0) is 44.3 Å². The number of hydrogen-bond acceptors (Lipinski definition) is 3. The molecule has 3 unspecified atom stereocenters. The van der Waals surface area contributed by atoms with Gasteiger partial charge in [0.1, 0.15) is 6.10 Å². The lowest BCUT2D eigenvalue weighted by atomic mass is 9.77. The van der Waals surface area contributed by atoms with Gasteiger partial charge < -0.3 is 9.53 Å². The van der Waals surface area contributed by atoms with Crippen LogP contribution < -0.4 is 0 Å². The molecule has 1 rings (SSSR count). The Morgan fingerprint density at radius 3 is 2.50 bits per heavy atom. The van der Waals surface area contributed by atoms with E-state index in [4.69, 9.17) is 4.43 Å². The van der Waals surface area contributed by atoms with E-state index in [1.54, 1.807) is 0 Å². The lowest BCUT2D eigenvalue weighted by molar-refractivity contribution is -0.134. The van der Waals surface area contributed by atoms with Crippen LogP contribution in [0.3, 0.4) is 0 Å². The quantitative estimate of drug-likeness (QED) is 0.579. The van der Waals surface area contributed by atoms with E-state index >= 15 is 0 Å². The molecule has 128 valence electrons. The molecule has 0 aliphatic heterocycles. The zero-order valence-corrected chi connectivity index (χ0v) is 16.4. The fourth-order valence-electron chi connectivity index (χ4n) is 3.00. The average Bonchev–Trinajstić information content (AvgIpc) is 2.68. The third-order valence-corrected chi connectivity index (χ3v) is 9.92. The molecule has 1 N–H and O–H groups in total. The molecule has 22 heavy (non-hydrogen) atoms. The highest BCUT2D eigenvalue weighted by Gasteiger charge is 2.53. The molecule has 0 bridgehead atoms. The van der Waals surface area contributed by atoms with Gasteiger partial charge in [0.25, 0.3) is 0 Å². The number of ketones is 1. The Labute approximate surface area is 137 Å². The Morgan fingerprint density at radius 1 is 1.45 bits per heavy atom. The maximum absolute atomic E-state index is 13.0. The predicted octanol–water partition coefficient (Wildman–Crippen LogP) is 4.46. The molecule has 0 heterocycles. The maximum Gasteiger partial charge on any atom is 0.193 e. The van der Waals surface area contributed by atoms with Gasteiger partial charge in [-0.2, -0.15) is 0 Å². The molecule has 3 nitrogen and oxygen atoms in total. The molecule has 1 saturated carbocycles. The third-order valence-electron chi connectivity index (χ3n) is 5.44. The highest BCUT2D eigenvalue weighted by Crippen LogP contribution is 2.45. The molecular weight excluding hydrogens is 292 g/mol. The average molecular weight is 327 g/mol. The summed E-state index contributed by atoms with van der Waals surface area (Å²) in [5.74, 6) is 0.0800. The Bertz CT molecular complexity index is 423. The lowest BCUT2D eigenvalue weighted by Gasteiger charge is -2.38. The van der Waals surface area contributed by atoms with Gasteiger partial charge in [0.15, 0.2) is 14.1 Å². The van der Waals surface area contributed by atoms with E-state index in [2.05, 4.69) is 33.9 Å². The number of aliphatic hydroxyl groups excluding tert-OH is 1. The van der Waals surface area contributed by atoms with E-state index in [0.29, 0.717) is 12.8 Å². The van der Waals surface area contributed by atoms with Gasteiger partial charge in [0.05, 0.1) is 11.5 Å². The first-order chi connectivity index (χ1) is 10.0. The van der Waals surface area contributed by atoms with Crippen molar-refractivity contribution in [2.75, 3.05) is 0 Å². The van der Waals surface area contributed by atoms with Crippen molar-refractivity contribution in [2.24, 2.45) is 5.41 Å². The van der Waals surface area contributed by atoms with E-state index in [0.717, 1.165) is 12.8 Å². The van der Waals surface area contributed by atoms with Crippen LogP contribution in [0.5, 0.6) is 0 Å². The van der Waals surface area contributed by atoms with Gasteiger partial charge in [0, 0.05) is 0 Å². The first-order valence-electron chi connectivity index (χ1n) is 8.56. The predicted molar refractivity (Wildman–Crippen MR) is 94.5 cm³/mol. The van der Waals surface area contributed by atoms with Crippen LogP contribution in [-0.2, 0) is 9.22 Å². The molecule has 0 aromatic rings. The monoisotopic (exact) mass is 326 g/mol. The first kappa shape index (κ1) is 19.6. The minimum atomic E-state index is -1.98. The van der Waals surface area contributed by atoms with E-state index in [1.807, 2.05) is 26.0 Å². The molecule has 0 aromatic heterocycles. The zero-order chi connectivity index (χ0) is 17.2. The van der Waals surface area contributed by atoms with Crippen LogP contribution in [-0.4, -0.2) is 31.4 Å². The topological polar surface area (TPSA) is 46.5 Å². The number of carbonyl (C=O) groups is 1. The van der Waals surface area contributed by atoms with Gasteiger partial charge in [0.2, 0.25) is 0 Å². The van der Waals surface area contributed by atoms with Crippen molar-refractivity contribution in [3.63, 3.8) is 0 Å². The molecule has 0 aromatic carbocycles. The summed E-state index contributed by atoms with van der Waals surface area (Å²) < 4.78 is 6.35. The van der Waals surface area contributed by atoms with Crippen LogP contribution in [0.2, 0.25) is 18.1 Å². The molecule has 0 spiro atoms. The maximum atomic E-state index is 13.0. The van der Waals surface area contributed by atoms with Crippen molar-refractivity contribution in [3.05, 3.63) is 12.2 Å². The van der Waals surface area contributed by atoms with Gasteiger partial charge in [-0.15, -0.1) is 0 Å². The van der Waals surface area contributed by atoms with Gasteiger partial charge in [-0.3, -0.25) is 4.79 Å². The lowest BCUT2D eigenvalue weighted by Crippen LogP contribution is -2.47. The summed E-state index contributed by atoms with van der Waals surface area (Å²) in [5.41, 5.74) is -0.738. The normalized spacial score (nSPS) is 28.5. The smallest absolute Gasteiger partial charge is 0.193 e. The summed E-state index contributed by atoms with van der Waals surface area (Å²) in [6.07, 6.45) is 5.78. The molecule has 0 radical (unpaired) electrons. The second kappa shape index (κ2) is 6.98. The number of allylic oxidation sites excluding steroid dienone is 1. The van der Waals surface area contributed by atoms with Crippen molar-refractivity contribution < 1.29 is 14.3 Å². The Morgan fingerprint density at radius 2 is 2.05 bits per heavy atom. The molecule has 1 aliphatic carbocycles. The van der Waals surface area contributed by atoms with Crippen molar-refractivity contribution in [2.45, 2.75) is 90.6 Å². The van der Waals surface area contributed by atoms with Gasteiger partial charge in [-0.1, -0.05) is 46.3 Å². The number of hydrogen-bond donors (Lipinski definition) is 1. The molecule has 0 amide bonds. The summed E-state index contributed by atoms with van der Waals surface area (Å²) in [6.45, 7) is 14.9. The van der Waals surface area contributed by atoms with E-state index < -0.39 is 19.8 Å². The van der Waals surface area contributed by atoms with Crippen LogP contribution in [0.1, 0.15) is 60.3 Å². The summed E-state index contributed by atoms with van der Waals surface area (Å²) in [7, 11) is -1.98. The summed E-state index contributed by atoms with van der Waals surface area (Å²) in [6, 6.07) is 0. The standard InChI is InChI=1S/C18H34O3Si/c1-8-10-15(19)18(12-9-2)13-11-14(16(18)20)21-22(6,7)17(3,4)5/h9,12,14-15,19H,8,10-11,13H2,1-7H3.